The Kier molecular flexibility index (Phi) is 5.45. The summed E-state index contributed by atoms with van der Waals surface area (Å²) in [7, 11) is 4.06. The number of benzene rings is 1. The average Bonchev–Trinajstić information content (AvgIpc) is 2.33. The van der Waals surface area contributed by atoms with E-state index < -0.39 is 5.60 Å². The first-order valence-corrected chi connectivity index (χ1v) is 8.66. The van der Waals surface area contributed by atoms with Crippen LogP contribution in [0.1, 0.15) is 33.6 Å². The van der Waals surface area contributed by atoms with Crippen molar-refractivity contribution in [2.24, 2.45) is 0 Å². The van der Waals surface area contributed by atoms with E-state index in [0.717, 1.165) is 28.7 Å². The highest BCUT2D eigenvalue weighted by molar-refractivity contribution is 9.10. The number of ether oxygens (including phenoxy) is 1. The number of anilines is 2. The maximum atomic E-state index is 11.7. The van der Waals surface area contributed by atoms with Gasteiger partial charge in [0, 0.05) is 30.7 Å². The van der Waals surface area contributed by atoms with E-state index >= 15 is 0 Å². The molecule has 5 nitrogen and oxygen atoms in total. The molecule has 0 heterocycles. The number of hydrogen-bond acceptors (Lipinski definition) is 4. The molecule has 23 heavy (non-hydrogen) atoms. The van der Waals surface area contributed by atoms with Gasteiger partial charge in [0.1, 0.15) is 5.60 Å². The molecule has 0 spiro atoms. The second-order valence-corrected chi connectivity index (χ2v) is 8.13. The molecule has 0 aromatic heterocycles. The smallest absolute Gasteiger partial charge is 0.407 e. The molecular formula is C17H26BrN3O2. The lowest BCUT2D eigenvalue weighted by atomic mass is 9.86. The zero-order valence-electron chi connectivity index (χ0n) is 14.4. The normalized spacial score (nSPS) is 20.4. The fourth-order valence-electron chi connectivity index (χ4n) is 2.56. The van der Waals surface area contributed by atoms with Gasteiger partial charge in [-0.25, -0.2) is 4.79 Å². The minimum atomic E-state index is -0.456. The average molecular weight is 384 g/mol. The van der Waals surface area contributed by atoms with Crippen LogP contribution >= 0.6 is 15.9 Å². The minimum Gasteiger partial charge on any atom is -0.444 e. The summed E-state index contributed by atoms with van der Waals surface area (Å²) in [6.07, 6.45) is 1.47. The second-order valence-electron chi connectivity index (χ2n) is 7.21. The van der Waals surface area contributed by atoms with Crippen molar-refractivity contribution in [1.82, 2.24) is 5.32 Å². The fraction of sp³-hybridized carbons (Fsp3) is 0.588. The maximum absolute atomic E-state index is 11.7. The van der Waals surface area contributed by atoms with Gasteiger partial charge in [-0.05, 0) is 51.8 Å². The number of carbonyl (C=O) groups is 1. The third-order valence-electron chi connectivity index (χ3n) is 3.66. The lowest BCUT2D eigenvalue weighted by Crippen LogP contribution is -2.50. The predicted molar refractivity (Wildman–Crippen MR) is 98.3 cm³/mol. The molecule has 2 rings (SSSR count). The summed E-state index contributed by atoms with van der Waals surface area (Å²) in [5, 5.41) is 6.47. The first-order valence-electron chi connectivity index (χ1n) is 7.87. The van der Waals surface area contributed by atoms with E-state index in [1.165, 1.54) is 0 Å². The van der Waals surface area contributed by atoms with Crippen molar-refractivity contribution < 1.29 is 9.53 Å². The third-order valence-corrected chi connectivity index (χ3v) is 4.15. The van der Waals surface area contributed by atoms with Crippen molar-refractivity contribution in [2.75, 3.05) is 24.3 Å². The Hall–Kier alpha value is -1.43. The molecule has 0 unspecified atom stereocenters. The van der Waals surface area contributed by atoms with Crippen molar-refractivity contribution in [1.29, 1.82) is 0 Å². The highest BCUT2D eigenvalue weighted by atomic mass is 79.9. The van der Waals surface area contributed by atoms with Gasteiger partial charge in [0.15, 0.2) is 0 Å². The Labute approximate surface area is 146 Å². The molecule has 1 amide bonds. The van der Waals surface area contributed by atoms with Crippen LogP contribution in [0.4, 0.5) is 16.2 Å². The monoisotopic (exact) mass is 383 g/mol. The molecule has 1 aliphatic rings. The zero-order chi connectivity index (χ0) is 17.2. The van der Waals surface area contributed by atoms with Crippen LogP contribution in [0.15, 0.2) is 22.7 Å². The van der Waals surface area contributed by atoms with Crippen LogP contribution in [0.3, 0.4) is 0 Å². The predicted octanol–water partition coefficient (Wildman–Crippen LogP) is 3.98. The Bertz CT molecular complexity index is 563. The van der Waals surface area contributed by atoms with Gasteiger partial charge >= 0.3 is 6.09 Å². The number of hydrogen-bond donors (Lipinski definition) is 2. The van der Waals surface area contributed by atoms with E-state index in [1.807, 2.05) is 40.9 Å². The molecule has 0 aliphatic heterocycles. The quantitative estimate of drug-likeness (QED) is 0.825. The number of carbonyl (C=O) groups excluding carboxylic acids is 1. The largest absolute Gasteiger partial charge is 0.444 e. The number of amides is 1. The van der Waals surface area contributed by atoms with Gasteiger partial charge in [0.25, 0.3) is 0 Å². The number of halogens is 1. The molecule has 1 aromatic rings. The number of rotatable bonds is 4. The number of nitrogens with one attached hydrogen (secondary N) is 2. The highest BCUT2D eigenvalue weighted by Gasteiger charge is 2.32. The summed E-state index contributed by atoms with van der Waals surface area (Å²) in [6, 6.07) is 6.75. The van der Waals surface area contributed by atoms with Gasteiger partial charge in [0.05, 0.1) is 11.4 Å². The van der Waals surface area contributed by atoms with E-state index in [0.29, 0.717) is 6.04 Å². The molecule has 2 N–H and O–H groups in total. The van der Waals surface area contributed by atoms with Crippen LogP contribution in [0.5, 0.6) is 0 Å². The highest BCUT2D eigenvalue weighted by Crippen LogP contribution is 2.32. The molecular weight excluding hydrogens is 358 g/mol. The Morgan fingerprint density at radius 3 is 2.48 bits per heavy atom. The molecule has 1 aliphatic carbocycles. The summed E-state index contributed by atoms with van der Waals surface area (Å²) < 4.78 is 6.33. The first-order chi connectivity index (χ1) is 10.6. The van der Waals surface area contributed by atoms with Gasteiger partial charge in [-0.2, -0.15) is 0 Å². The molecule has 6 heteroatoms. The molecule has 0 bridgehead atoms. The van der Waals surface area contributed by atoms with Crippen LogP contribution in [0, 0.1) is 0 Å². The van der Waals surface area contributed by atoms with Crippen LogP contribution in [0.25, 0.3) is 0 Å². The first kappa shape index (κ1) is 17.9. The summed E-state index contributed by atoms with van der Waals surface area (Å²) in [5.41, 5.74) is 1.80. The Balaban J connectivity index is 1.85. The molecule has 0 atom stereocenters. The fourth-order valence-corrected chi connectivity index (χ4v) is 2.92. The SMILES string of the molecule is CN(C)c1ccc(Br)cc1NC1CC(NC(=O)OC(C)(C)C)C1. The summed E-state index contributed by atoms with van der Waals surface area (Å²) in [6.45, 7) is 5.61. The standard InChI is InChI=1S/C17H26BrN3O2/c1-17(2,3)23-16(22)20-13-9-12(10-13)19-14-8-11(18)6-7-15(14)21(4)5/h6-8,12-13,19H,9-10H2,1-5H3,(H,20,22). The zero-order valence-corrected chi connectivity index (χ0v) is 16.0. The number of nitrogens with zero attached hydrogens (tertiary/aromatic N) is 1. The Morgan fingerprint density at radius 1 is 1.26 bits per heavy atom. The van der Waals surface area contributed by atoms with Gasteiger partial charge in [-0.3, -0.25) is 0 Å². The number of alkyl carbamates (subject to hydrolysis) is 1. The van der Waals surface area contributed by atoms with Gasteiger partial charge < -0.3 is 20.3 Å². The van der Waals surface area contributed by atoms with Crippen molar-refractivity contribution in [3.05, 3.63) is 22.7 Å². The van der Waals surface area contributed by atoms with Crippen molar-refractivity contribution >= 4 is 33.4 Å². The maximum Gasteiger partial charge on any atom is 0.407 e. The van der Waals surface area contributed by atoms with Crippen LogP contribution in [-0.2, 0) is 4.74 Å². The van der Waals surface area contributed by atoms with Crippen LogP contribution in [0.2, 0.25) is 0 Å². The molecule has 0 radical (unpaired) electrons. The molecule has 0 saturated heterocycles. The lowest BCUT2D eigenvalue weighted by molar-refractivity contribution is 0.0475. The van der Waals surface area contributed by atoms with Crippen LogP contribution in [-0.4, -0.2) is 37.9 Å². The van der Waals surface area contributed by atoms with E-state index in [2.05, 4.69) is 43.6 Å². The molecule has 1 fully saturated rings. The van der Waals surface area contributed by atoms with E-state index in [9.17, 15) is 4.79 Å². The van der Waals surface area contributed by atoms with Crippen LogP contribution < -0.4 is 15.5 Å². The minimum absolute atomic E-state index is 0.178. The third kappa shape index (κ3) is 5.30. The van der Waals surface area contributed by atoms with Crippen molar-refractivity contribution in [3.63, 3.8) is 0 Å². The molecule has 128 valence electrons. The second kappa shape index (κ2) is 6.99. The topological polar surface area (TPSA) is 53.6 Å². The van der Waals surface area contributed by atoms with Gasteiger partial charge in [0.2, 0.25) is 0 Å². The molecule has 1 saturated carbocycles. The summed E-state index contributed by atoms with van der Waals surface area (Å²) >= 11 is 3.52. The molecule has 1 aromatic carbocycles. The Morgan fingerprint density at radius 2 is 1.91 bits per heavy atom. The van der Waals surface area contributed by atoms with Gasteiger partial charge in [-0.1, -0.05) is 15.9 Å². The van der Waals surface area contributed by atoms with Gasteiger partial charge in [-0.15, -0.1) is 0 Å². The summed E-state index contributed by atoms with van der Waals surface area (Å²) in [5.74, 6) is 0. The van der Waals surface area contributed by atoms with E-state index in [-0.39, 0.29) is 12.1 Å². The summed E-state index contributed by atoms with van der Waals surface area (Å²) in [4.78, 5) is 13.8. The lowest BCUT2D eigenvalue weighted by Gasteiger charge is -2.38. The van der Waals surface area contributed by atoms with E-state index in [1.54, 1.807) is 0 Å². The van der Waals surface area contributed by atoms with Crippen molar-refractivity contribution in [3.8, 4) is 0 Å². The van der Waals surface area contributed by atoms with Crippen molar-refractivity contribution in [2.45, 2.75) is 51.3 Å². The van der Waals surface area contributed by atoms with E-state index in [4.69, 9.17) is 4.74 Å².